The SMILES string of the molecule is CC(C)[C@H](O)[C@H]1[C@H]2CC[C@@H]3[C@H]2C(C)(C)CCC[C@]13C. The van der Waals surface area contributed by atoms with E-state index in [1.54, 1.807) is 0 Å². The van der Waals surface area contributed by atoms with Crippen LogP contribution in [-0.4, -0.2) is 11.2 Å². The maximum absolute atomic E-state index is 10.8. The molecule has 3 aliphatic carbocycles. The van der Waals surface area contributed by atoms with Gasteiger partial charge in [0.05, 0.1) is 6.10 Å². The third-order valence-electron chi connectivity index (χ3n) is 7.27. The van der Waals surface area contributed by atoms with Gasteiger partial charge in [-0.25, -0.2) is 0 Å². The van der Waals surface area contributed by atoms with Gasteiger partial charge >= 0.3 is 0 Å². The maximum Gasteiger partial charge on any atom is 0.0599 e. The molecule has 0 saturated heterocycles. The first kappa shape index (κ1) is 13.9. The van der Waals surface area contributed by atoms with Gasteiger partial charge in [-0.05, 0) is 66.1 Å². The standard InChI is InChI=1S/C18H32O/c1-11(2)16(19)15-12-7-8-13-14(12)17(3,4)9-6-10-18(13,15)5/h11-16,19H,6-10H2,1-5H3/t12-,13+,14-,15+,16-,18-/m0/s1. The first-order valence-electron chi connectivity index (χ1n) is 8.47. The summed E-state index contributed by atoms with van der Waals surface area (Å²) in [4.78, 5) is 0. The van der Waals surface area contributed by atoms with E-state index in [1.807, 2.05) is 0 Å². The Balaban J connectivity index is 2.01. The van der Waals surface area contributed by atoms with Crippen molar-refractivity contribution in [3.8, 4) is 0 Å². The van der Waals surface area contributed by atoms with Gasteiger partial charge in [-0.1, -0.05) is 41.0 Å². The Bertz CT molecular complexity index is 359. The van der Waals surface area contributed by atoms with Gasteiger partial charge in [-0.2, -0.15) is 0 Å². The van der Waals surface area contributed by atoms with Gasteiger partial charge in [-0.15, -0.1) is 0 Å². The normalized spacial score (nSPS) is 49.4. The largest absolute Gasteiger partial charge is 0.393 e. The molecule has 3 saturated carbocycles. The summed E-state index contributed by atoms with van der Waals surface area (Å²) in [6, 6.07) is 0. The Hall–Kier alpha value is -0.0400. The average molecular weight is 264 g/mol. The second-order valence-corrected chi connectivity index (χ2v) is 8.98. The summed E-state index contributed by atoms with van der Waals surface area (Å²) < 4.78 is 0. The van der Waals surface area contributed by atoms with E-state index in [4.69, 9.17) is 0 Å². The van der Waals surface area contributed by atoms with Crippen LogP contribution in [0.5, 0.6) is 0 Å². The molecule has 4 bridgehead atoms. The summed E-state index contributed by atoms with van der Waals surface area (Å²) in [6.07, 6.45) is 6.83. The molecular weight excluding hydrogens is 232 g/mol. The van der Waals surface area contributed by atoms with Crippen LogP contribution in [-0.2, 0) is 0 Å². The van der Waals surface area contributed by atoms with Crippen LogP contribution in [0, 0.1) is 40.4 Å². The van der Waals surface area contributed by atoms with Crippen LogP contribution >= 0.6 is 0 Å². The molecule has 1 heteroatoms. The number of hydrogen-bond acceptors (Lipinski definition) is 1. The minimum Gasteiger partial charge on any atom is -0.393 e. The Labute approximate surface area is 119 Å². The molecule has 0 aromatic carbocycles. The van der Waals surface area contributed by atoms with Crippen LogP contribution in [0.3, 0.4) is 0 Å². The van der Waals surface area contributed by atoms with Gasteiger partial charge in [-0.3, -0.25) is 0 Å². The molecule has 0 aliphatic heterocycles. The Kier molecular flexibility index (Phi) is 3.10. The highest BCUT2D eigenvalue weighted by molar-refractivity contribution is 5.14. The van der Waals surface area contributed by atoms with Crippen molar-refractivity contribution >= 4 is 0 Å². The first-order valence-corrected chi connectivity index (χ1v) is 8.47. The lowest BCUT2D eigenvalue weighted by Crippen LogP contribution is -2.43. The van der Waals surface area contributed by atoms with E-state index in [-0.39, 0.29) is 6.10 Å². The molecule has 0 aromatic rings. The molecule has 3 rings (SSSR count). The van der Waals surface area contributed by atoms with Crippen molar-refractivity contribution in [1.82, 2.24) is 0 Å². The fraction of sp³-hybridized carbons (Fsp3) is 1.00. The Morgan fingerprint density at radius 2 is 1.74 bits per heavy atom. The molecule has 1 nitrogen and oxygen atoms in total. The highest BCUT2D eigenvalue weighted by atomic mass is 16.3. The molecule has 110 valence electrons. The molecule has 0 aromatic heterocycles. The van der Waals surface area contributed by atoms with Crippen LogP contribution in [0.1, 0.15) is 66.7 Å². The van der Waals surface area contributed by atoms with Crippen LogP contribution in [0.2, 0.25) is 0 Å². The number of aliphatic hydroxyl groups excluding tert-OH is 1. The molecule has 1 N–H and O–H groups in total. The molecule has 6 atom stereocenters. The summed E-state index contributed by atoms with van der Waals surface area (Å²) in [5, 5.41) is 10.8. The van der Waals surface area contributed by atoms with Crippen molar-refractivity contribution in [3.05, 3.63) is 0 Å². The van der Waals surface area contributed by atoms with Crippen LogP contribution in [0.25, 0.3) is 0 Å². The molecule has 0 unspecified atom stereocenters. The molecule has 19 heavy (non-hydrogen) atoms. The highest BCUT2D eigenvalue weighted by Gasteiger charge is 2.66. The molecule has 0 heterocycles. The van der Waals surface area contributed by atoms with Crippen molar-refractivity contribution in [1.29, 1.82) is 0 Å². The Morgan fingerprint density at radius 3 is 2.37 bits per heavy atom. The van der Waals surface area contributed by atoms with E-state index in [0.717, 1.165) is 17.8 Å². The predicted octanol–water partition coefficient (Wildman–Crippen LogP) is 4.49. The fourth-order valence-electron chi connectivity index (χ4n) is 6.53. The number of aliphatic hydroxyl groups is 1. The van der Waals surface area contributed by atoms with Crippen LogP contribution in [0.4, 0.5) is 0 Å². The topological polar surface area (TPSA) is 20.2 Å². The van der Waals surface area contributed by atoms with Gasteiger partial charge in [0.1, 0.15) is 0 Å². The van der Waals surface area contributed by atoms with E-state index in [9.17, 15) is 5.11 Å². The van der Waals surface area contributed by atoms with Crippen molar-refractivity contribution in [2.45, 2.75) is 72.8 Å². The maximum atomic E-state index is 10.8. The van der Waals surface area contributed by atoms with Crippen molar-refractivity contribution < 1.29 is 5.11 Å². The van der Waals surface area contributed by atoms with Crippen LogP contribution in [0.15, 0.2) is 0 Å². The summed E-state index contributed by atoms with van der Waals surface area (Å²) in [5.41, 5.74) is 0.917. The zero-order valence-electron chi connectivity index (χ0n) is 13.4. The van der Waals surface area contributed by atoms with Gasteiger partial charge < -0.3 is 5.11 Å². The van der Waals surface area contributed by atoms with Crippen molar-refractivity contribution in [2.75, 3.05) is 0 Å². The minimum absolute atomic E-state index is 0.0864. The van der Waals surface area contributed by atoms with E-state index in [0.29, 0.717) is 22.7 Å². The first-order chi connectivity index (χ1) is 8.79. The highest BCUT2D eigenvalue weighted by Crippen LogP contribution is 2.71. The lowest BCUT2D eigenvalue weighted by molar-refractivity contribution is -0.0431. The summed E-state index contributed by atoms with van der Waals surface area (Å²) in [5.74, 6) is 3.53. The zero-order chi connectivity index (χ0) is 14.0. The van der Waals surface area contributed by atoms with E-state index >= 15 is 0 Å². The van der Waals surface area contributed by atoms with Gasteiger partial charge in [0.2, 0.25) is 0 Å². The van der Waals surface area contributed by atoms with E-state index in [1.165, 1.54) is 32.1 Å². The molecule has 0 radical (unpaired) electrons. The molecule has 0 spiro atoms. The Morgan fingerprint density at radius 1 is 1.05 bits per heavy atom. The zero-order valence-corrected chi connectivity index (χ0v) is 13.4. The summed E-state index contributed by atoms with van der Waals surface area (Å²) in [6.45, 7) is 11.9. The second kappa shape index (κ2) is 4.23. The lowest BCUT2D eigenvalue weighted by atomic mass is 9.61. The fourth-order valence-corrected chi connectivity index (χ4v) is 6.53. The molecule has 3 fully saturated rings. The monoisotopic (exact) mass is 264 g/mol. The van der Waals surface area contributed by atoms with Gasteiger partial charge in [0, 0.05) is 0 Å². The van der Waals surface area contributed by atoms with E-state index < -0.39 is 0 Å². The summed E-state index contributed by atoms with van der Waals surface area (Å²) >= 11 is 0. The van der Waals surface area contributed by atoms with Gasteiger partial charge in [0.15, 0.2) is 0 Å². The van der Waals surface area contributed by atoms with Gasteiger partial charge in [0.25, 0.3) is 0 Å². The van der Waals surface area contributed by atoms with E-state index in [2.05, 4.69) is 34.6 Å². The smallest absolute Gasteiger partial charge is 0.0599 e. The quantitative estimate of drug-likeness (QED) is 0.779. The third-order valence-corrected chi connectivity index (χ3v) is 7.27. The predicted molar refractivity (Wildman–Crippen MR) is 79.8 cm³/mol. The number of rotatable bonds is 2. The average Bonchev–Trinajstić information content (AvgIpc) is 2.79. The summed E-state index contributed by atoms with van der Waals surface area (Å²) in [7, 11) is 0. The van der Waals surface area contributed by atoms with Crippen LogP contribution < -0.4 is 0 Å². The van der Waals surface area contributed by atoms with Crippen molar-refractivity contribution in [3.63, 3.8) is 0 Å². The lowest BCUT2D eigenvalue weighted by Gasteiger charge is -2.45. The minimum atomic E-state index is -0.0864. The second-order valence-electron chi connectivity index (χ2n) is 8.98. The molecular formula is C18H32O. The number of hydrogen-bond donors (Lipinski definition) is 1. The molecule has 3 aliphatic rings. The third kappa shape index (κ3) is 1.76. The van der Waals surface area contributed by atoms with Crippen molar-refractivity contribution in [2.24, 2.45) is 40.4 Å². The molecule has 0 amide bonds.